The second-order valence-electron chi connectivity index (χ2n) is 12.6. The predicted molar refractivity (Wildman–Crippen MR) is 187 cm³/mol. The Morgan fingerprint density at radius 1 is 0.875 bits per heavy atom. The van der Waals surface area contributed by atoms with Crippen molar-refractivity contribution in [2.24, 2.45) is 5.92 Å². The largest absolute Gasteiger partial charge is 0.347 e. The normalized spacial score (nSPS) is 14.7. The number of carbonyl (C=O) groups excluding carboxylic acids is 4. The van der Waals surface area contributed by atoms with Crippen LogP contribution >= 0.6 is 23.2 Å². The van der Waals surface area contributed by atoms with Crippen LogP contribution in [0.2, 0.25) is 10.0 Å². The average molecular weight is 706 g/mol. The molecular weight excluding hydrogens is 658 g/mol. The molecule has 10 nitrogen and oxygen atoms in total. The maximum Gasteiger partial charge on any atom is 0.275 e. The summed E-state index contributed by atoms with van der Waals surface area (Å²) in [7, 11) is 0. The summed E-state index contributed by atoms with van der Waals surface area (Å²) >= 11 is 12.3. The number of carbonyl (C=O) groups is 4. The molecule has 2 aromatic carbocycles. The molecule has 0 bridgehead atoms. The number of nitrogens with one attached hydrogen (secondary N) is 6. The molecule has 262 valence electrons. The zero-order chi connectivity index (χ0) is 35.5. The fraction of sp³-hybridized carbons (Fsp3) is 0.514. The summed E-state index contributed by atoms with van der Waals surface area (Å²) in [6.45, 7) is 7.08. The lowest BCUT2D eigenvalue weighted by molar-refractivity contribution is -0.139. The lowest BCUT2D eigenvalue weighted by Gasteiger charge is -2.36. The van der Waals surface area contributed by atoms with Gasteiger partial charge in [0.1, 0.15) is 17.1 Å². The number of benzene rings is 2. The maximum absolute atomic E-state index is 14.2. The Hall–Kier alpha value is -3.70. The minimum atomic E-state index is -1.26. The lowest BCUT2D eigenvalue weighted by atomic mass is 9.89. The second kappa shape index (κ2) is 17.6. The van der Waals surface area contributed by atoms with Crippen LogP contribution in [0.15, 0.2) is 48.5 Å². The van der Waals surface area contributed by atoms with Crippen LogP contribution in [0.1, 0.15) is 96.2 Å². The van der Waals surface area contributed by atoms with Crippen molar-refractivity contribution < 1.29 is 23.6 Å². The number of rotatable bonds is 16. The molecule has 3 rings (SSSR count). The van der Waals surface area contributed by atoms with Crippen molar-refractivity contribution in [2.75, 3.05) is 6.54 Å². The van der Waals surface area contributed by atoms with Crippen LogP contribution in [-0.4, -0.2) is 53.4 Å². The highest BCUT2D eigenvalue weighted by Gasteiger charge is 2.45. The minimum Gasteiger partial charge on any atom is -0.347 e. The molecule has 1 aliphatic rings. The molecule has 48 heavy (non-hydrogen) atoms. The van der Waals surface area contributed by atoms with E-state index in [-0.39, 0.29) is 50.0 Å². The summed E-state index contributed by atoms with van der Waals surface area (Å²) in [5.74, 6) is -2.12. The first-order valence-electron chi connectivity index (χ1n) is 16.5. The minimum absolute atomic E-state index is 0.0568. The SMILES string of the molecule is CCC(CC)(NC(=O)C(C)C)C(=O)N[C@H](CCCNC(=N)F)C(=O)NC1(C(=O)NC(c2ccc(Cl)cc2)c2ccc(Cl)cc2)CCCC1. The van der Waals surface area contributed by atoms with E-state index in [9.17, 15) is 23.6 Å². The van der Waals surface area contributed by atoms with Gasteiger partial charge in [-0.05, 0) is 73.9 Å². The summed E-state index contributed by atoms with van der Waals surface area (Å²) < 4.78 is 13.1. The number of hydrogen-bond donors (Lipinski definition) is 6. The zero-order valence-corrected chi connectivity index (χ0v) is 29.5. The van der Waals surface area contributed by atoms with E-state index >= 15 is 0 Å². The summed E-state index contributed by atoms with van der Waals surface area (Å²) in [5, 5.41) is 22.2. The van der Waals surface area contributed by atoms with Crippen LogP contribution in [0.25, 0.3) is 0 Å². The molecule has 0 heterocycles. The van der Waals surface area contributed by atoms with Gasteiger partial charge in [0.15, 0.2) is 0 Å². The van der Waals surface area contributed by atoms with Gasteiger partial charge in [-0.1, -0.05) is 88.0 Å². The van der Waals surface area contributed by atoms with Crippen LogP contribution in [0.5, 0.6) is 0 Å². The Bertz CT molecular complexity index is 1380. The summed E-state index contributed by atoms with van der Waals surface area (Å²) in [6, 6.07) is 12.6. The molecule has 0 spiro atoms. The summed E-state index contributed by atoms with van der Waals surface area (Å²) in [5.41, 5.74) is -0.949. The van der Waals surface area contributed by atoms with Gasteiger partial charge >= 0.3 is 0 Å². The third-order valence-electron chi connectivity index (χ3n) is 9.04. The van der Waals surface area contributed by atoms with E-state index in [1.807, 2.05) is 24.3 Å². The van der Waals surface area contributed by atoms with Gasteiger partial charge in [0, 0.05) is 22.5 Å². The highest BCUT2D eigenvalue weighted by atomic mass is 35.5. The van der Waals surface area contributed by atoms with E-state index in [2.05, 4.69) is 26.6 Å². The first-order chi connectivity index (χ1) is 22.8. The highest BCUT2D eigenvalue weighted by molar-refractivity contribution is 6.30. The molecular formula is C35H47Cl2FN6O4. The highest BCUT2D eigenvalue weighted by Crippen LogP contribution is 2.33. The molecule has 0 aromatic heterocycles. The molecule has 2 aromatic rings. The zero-order valence-electron chi connectivity index (χ0n) is 28.0. The van der Waals surface area contributed by atoms with E-state index in [1.165, 1.54) is 0 Å². The van der Waals surface area contributed by atoms with E-state index in [0.717, 1.165) is 11.1 Å². The summed E-state index contributed by atoms with van der Waals surface area (Å²) in [6.07, 6.45) is 1.88. The molecule has 6 N–H and O–H groups in total. The summed E-state index contributed by atoms with van der Waals surface area (Å²) in [4.78, 5) is 54.7. The van der Waals surface area contributed by atoms with E-state index in [1.54, 1.807) is 52.0 Å². The van der Waals surface area contributed by atoms with Crippen molar-refractivity contribution in [3.63, 3.8) is 0 Å². The van der Waals surface area contributed by atoms with Crippen molar-refractivity contribution in [1.82, 2.24) is 26.6 Å². The van der Waals surface area contributed by atoms with Gasteiger partial charge in [-0.2, -0.15) is 4.39 Å². The van der Waals surface area contributed by atoms with Crippen LogP contribution < -0.4 is 26.6 Å². The maximum atomic E-state index is 14.2. The molecule has 13 heteroatoms. The molecule has 0 saturated heterocycles. The average Bonchev–Trinajstić information content (AvgIpc) is 3.54. The first kappa shape index (κ1) is 38.7. The standard InChI is InChI=1S/C35H47Cl2FN6O4/c1-5-34(6-2,43-29(45)22(3)4)31(47)41-27(10-9-21-40-33(38)39)30(46)44-35(19-7-8-20-35)32(48)42-28(23-11-15-25(36)16-12-23)24-13-17-26(37)18-14-24/h11-18,22,27-28H,5-10,19-21H2,1-4H3,(H2,39,40)(H,41,47)(H,42,48)(H,43,45)(H,44,46)/t27-/m1/s1. The monoisotopic (exact) mass is 704 g/mol. The molecule has 1 fully saturated rings. The first-order valence-corrected chi connectivity index (χ1v) is 17.3. The van der Waals surface area contributed by atoms with Gasteiger partial charge in [0.2, 0.25) is 23.6 Å². The Morgan fingerprint density at radius 2 is 1.40 bits per heavy atom. The van der Waals surface area contributed by atoms with Crippen molar-refractivity contribution in [1.29, 1.82) is 5.41 Å². The van der Waals surface area contributed by atoms with Crippen LogP contribution in [0, 0.1) is 11.3 Å². The van der Waals surface area contributed by atoms with E-state index < -0.39 is 41.1 Å². The van der Waals surface area contributed by atoms with Gasteiger partial charge < -0.3 is 26.6 Å². The van der Waals surface area contributed by atoms with Gasteiger partial charge in [-0.15, -0.1) is 0 Å². The van der Waals surface area contributed by atoms with Crippen LogP contribution in [0.3, 0.4) is 0 Å². The number of halogens is 3. The molecule has 0 aliphatic heterocycles. The molecule has 0 unspecified atom stereocenters. The van der Waals surface area contributed by atoms with Crippen molar-refractivity contribution in [3.05, 3.63) is 69.7 Å². The van der Waals surface area contributed by atoms with Gasteiger partial charge in [0.25, 0.3) is 6.09 Å². The Labute approximate surface area is 292 Å². The molecule has 1 aliphatic carbocycles. The fourth-order valence-corrected chi connectivity index (χ4v) is 6.16. The Kier molecular flexibility index (Phi) is 14.2. The molecule has 4 amide bonds. The van der Waals surface area contributed by atoms with E-state index in [0.29, 0.717) is 35.7 Å². The Morgan fingerprint density at radius 3 is 1.85 bits per heavy atom. The van der Waals surface area contributed by atoms with Gasteiger partial charge in [-0.3, -0.25) is 24.6 Å². The second-order valence-corrected chi connectivity index (χ2v) is 13.5. The number of hydrogen-bond acceptors (Lipinski definition) is 5. The predicted octanol–water partition coefficient (Wildman–Crippen LogP) is 5.72. The van der Waals surface area contributed by atoms with Crippen molar-refractivity contribution >= 4 is 52.9 Å². The number of amides is 4. The van der Waals surface area contributed by atoms with Crippen molar-refractivity contribution in [3.8, 4) is 0 Å². The van der Waals surface area contributed by atoms with Crippen LogP contribution in [0.4, 0.5) is 4.39 Å². The third-order valence-corrected chi connectivity index (χ3v) is 9.54. The lowest BCUT2D eigenvalue weighted by Crippen LogP contribution is -2.64. The third kappa shape index (κ3) is 10.2. The van der Waals surface area contributed by atoms with E-state index in [4.69, 9.17) is 28.6 Å². The smallest absolute Gasteiger partial charge is 0.275 e. The number of amidine groups is 1. The molecule has 1 saturated carbocycles. The van der Waals surface area contributed by atoms with Crippen molar-refractivity contribution in [2.45, 2.75) is 102 Å². The molecule has 1 atom stereocenters. The molecule has 0 radical (unpaired) electrons. The van der Waals surface area contributed by atoms with Crippen LogP contribution in [-0.2, 0) is 19.2 Å². The topological polar surface area (TPSA) is 152 Å². The van der Waals surface area contributed by atoms with Gasteiger partial charge in [0.05, 0.1) is 6.04 Å². The quantitative estimate of drug-likeness (QED) is 0.0572. The van der Waals surface area contributed by atoms with Gasteiger partial charge in [-0.25, -0.2) is 0 Å². The fourth-order valence-electron chi connectivity index (χ4n) is 5.90. The Balaban J connectivity index is 1.90.